The third-order valence-corrected chi connectivity index (χ3v) is 4.23. The predicted molar refractivity (Wildman–Crippen MR) is 73.9 cm³/mol. The normalized spacial score (nSPS) is 11.3. The fourth-order valence-electron chi connectivity index (χ4n) is 1.32. The SMILES string of the molecule is COCCNC(=O)CCNS(=O)(=O)c1cnccc1Cl. The molecule has 2 N–H and O–H groups in total. The van der Waals surface area contributed by atoms with Crippen molar-refractivity contribution in [1.82, 2.24) is 15.0 Å². The number of sulfonamides is 1. The van der Waals surface area contributed by atoms with Crippen LogP contribution >= 0.6 is 11.6 Å². The van der Waals surface area contributed by atoms with Crippen molar-refractivity contribution in [1.29, 1.82) is 0 Å². The van der Waals surface area contributed by atoms with Gasteiger partial charge < -0.3 is 10.1 Å². The lowest BCUT2D eigenvalue weighted by Gasteiger charge is -2.08. The Morgan fingerprint density at radius 3 is 2.85 bits per heavy atom. The average Bonchev–Trinajstić information content (AvgIpc) is 2.39. The molecule has 1 rings (SSSR count). The van der Waals surface area contributed by atoms with E-state index in [1.54, 1.807) is 0 Å². The summed E-state index contributed by atoms with van der Waals surface area (Å²) in [5.41, 5.74) is 0. The van der Waals surface area contributed by atoms with Gasteiger partial charge in [0.1, 0.15) is 4.90 Å². The Labute approximate surface area is 122 Å². The van der Waals surface area contributed by atoms with Crippen LogP contribution in [-0.4, -0.2) is 46.1 Å². The van der Waals surface area contributed by atoms with E-state index in [1.807, 2.05) is 0 Å². The lowest BCUT2D eigenvalue weighted by Crippen LogP contribution is -2.32. The lowest BCUT2D eigenvalue weighted by molar-refractivity contribution is -0.121. The molecule has 0 radical (unpaired) electrons. The first-order chi connectivity index (χ1) is 9.47. The maximum atomic E-state index is 11.9. The largest absolute Gasteiger partial charge is 0.383 e. The summed E-state index contributed by atoms with van der Waals surface area (Å²) in [5.74, 6) is -0.262. The van der Waals surface area contributed by atoms with Crippen LogP contribution < -0.4 is 10.0 Å². The maximum Gasteiger partial charge on any atom is 0.243 e. The van der Waals surface area contributed by atoms with Gasteiger partial charge in [-0.1, -0.05) is 11.6 Å². The van der Waals surface area contributed by atoms with Crippen molar-refractivity contribution in [3.8, 4) is 0 Å². The van der Waals surface area contributed by atoms with Crippen LogP contribution in [0, 0.1) is 0 Å². The number of pyridine rings is 1. The summed E-state index contributed by atoms with van der Waals surface area (Å²) in [5, 5.41) is 2.66. The monoisotopic (exact) mass is 321 g/mol. The highest BCUT2D eigenvalue weighted by Gasteiger charge is 2.17. The highest BCUT2D eigenvalue weighted by Crippen LogP contribution is 2.18. The first kappa shape index (κ1) is 16.8. The second-order valence-corrected chi connectivity index (χ2v) is 5.94. The van der Waals surface area contributed by atoms with Gasteiger partial charge in [0.15, 0.2) is 0 Å². The van der Waals surface area contributed by atoms with Gasteiger partial charge in [-0.15, -0.1) is 0 Å². The molecule has 1 heterocycles. The van der Waals surface area contributed by atoms with E-state index in [9.17, 15) is 13.2 Å². The minimum atomic E-state index is -3.76. The minimum Gasteiger partial charge on any atom is -0.383 e. The molecule has 0 saturated heterocycles. The molecule has 1 aromatic heterocycles. The van der Waals surface area contributed by atoms with Crippen molar-refractivity contribution in [3.05, 3.63) is 23.5 Å². The van der Waals surface area contributed by atoms with Crippen molar-refractivity contribution in [2.24, 2.45) is 0 Å². The molecule has 0 aromatic carbocycles. The van der Waals surface area contributed by atoms with Crippen molar-refractivity contribution < 1.29 is 17.9 Å². The summed E-state index contributed by atoms with van der Waals surface area (Å²) in [6.07, 6.45) is 2.58. The molecule has 1 amide bonds. The Bertz CT molecular complexity index is 550. The second kappa shape index (κ2) is 8.15. The Hall–Kier alpha value is -1.22. The number of rotatable bonds is 8. The topological polar surface area (TPSA) is 97.4 Å². The summed E-state index contributed by atoms with van der Waals surface area (Å²) in [4.78, 5) is 15.0. The highest BCUT2D eigenvalue weighted by atomic mass is 35.5. The number of methoxy groups -OCH3 is 1. The molecule has 7 nitrogen and oxygen atoms in total. The summed E-state index contributed by atoms with van der Waals surface area (Å²) in [6, 6.07) is 1.38. The van der Waals surface area contributed by atoms with E-state index in [2.05, 4.69) is 15.0 Å². The molecule has 112 valence electrons. The number of hydrogen-bond acceptors (Lipinski definition) is 5. The van der Waals surface area contributed by atoms with Gasteiger partial charge in [0.2, 0.25) is 15.9 Å². The predicted octanol–water partition coefficient (Wildman–Crippen LogP) is 0.166. The van der Waals surface area contributed by atoms with Gasteiger partial charge in [0.05, 0.1) is 11.6 Å². The van der Waals surface area contributed by atoms with Crippen molar-refractivity contribution in [2.45, 2.75) is 11.3 Å². The maximum absolute atomic E-state index is 11.9. The highest BCUT2D eigenvalue weighted by molar-refractivity contribution is 7.89. The number of carbonyl (C=O) groups is 1. The number of ether oxygens (including phenoxy) is 1. The standard InChI is InChI=1S/C11H16ClN3O4S/c1-19-7-6-14-11(16)3-5-15-20(17,18)10-8-13-4-2-9(10)12/h2,4,8,15H,3,5-7H2,1H3,(H,14,16). The van der Waals surface area contributed by atoms with Crippen LogP contribution in [0.2, 0.25) is 5.02 Å². The van der Waals surface area contributed by atoms with Crippen LogP contribution in [0.4, 0.5) is 0 Å². The molecular formula is C11H16ClN3O4S. The zero-order valence-corrected chi connectivity index (χ0v) is 12.5. The fraction of sp³-hybridized carbons (Fsp3) is 0.455. The van der Waals surface area contributed by atoms with Gasteiger partial charge in [-0.2, -0.15) is 0 Å². The summed E-state index contributed by atoms with van der Waals surface area (Å²) in [7, 11) is -2.24. The Balaban J connectivity index is 2.45. The fourth-order valence-corrected chi connectivity index (χ4v) is 2.78. The zero-order valence-electron chi connectivity index (χ0n) is 10.9. The molecule has 20 heavy (non-hydrogen) atoms. The van der Waals surface area contributed by atoms with Gasteiger partial charge in [0.25, 0.3) is 0 Å². The van der Waals surface area contributed by atoms with E-state index < -0.39 is 10.0 Å². The van der Waals surface area contributed by atoms with Crippen LogP contribution in [0.3, 0.4) is 0 Å². The van der Waals surface area contributed by atoms with E-state index in [-0.39, 0.29) is 28.8 Å². The van der Waals surface area contributed by atoms with E-state index in [1.165, 1.54) is 19.4 Å². The first-order valence-electron chi connectivity index (χ1n) is 5.82. The molecule has 0 saturated carbocycles. The summed E-state index contributed by atoms with van der Waals surface area (Å²) >= 11 is 5.78. The van der Waals surface area contributed by atoms with Crippen molar-refractivity contribution in [3.63, 3.8) is 0 Å². The lowest BCUT2D eigenvalue weighted by atomic mass is 10.4. The molecule has 9 heteroatoms. The van der Waals surface area contributed by atoms with E-state index >= 15 is 0 Å². The summed E-state index contributed by atoms with van der Waals surface area (Å²) < 4.78 is 30.9. The minimum absolute atomic E-state index is 0.0215. The van der Waals surface area contributed by atoms with Crippen LogP contribution in [0.15, 0.2) is 23.4 Å². The van der Waals surface area contributed by atoms with E-state index in [0.29, 0.717) is 13.2 Å². The van der Waals surface area contributed by atoms with Crippen molar-refractivity contribution >= 4 is 27.5 Å². The molecular weight excluding hydrogens is 306 g/mol. The van der Waals surface area contributed by atoms with E-state index in [0.717, 1.165) is 6.20 Å². The van der Waals surface area contributed by atoms with Crippen LogP contribution in [-0.2, 0) is 19.6 Å². The molecule has 0 unspecified atom stereocenters. The zero-order chi connectivity index (χ0) is 15.0. The smallest absolute Gasteiger partial charge is 0.243 e. The van der Waals surface area contributed by atoms with Gasteiger partial charge in [0, 0.05) is 39.0 Å². The third-order valence-electron chi connectivity index (χ3n) is 2.30. The molecule has 0 aliphatic carbocycles. The second-order valence-electron chi connectivity index (χ2n) is 3.80. The van der Waals surface area contributed by atoms with Gasteiger partial charge in [-0.3, -0.25) is 9.78 Å². The number of amides is 1. The van der Waals surface area contributed by atoms with Gasteiger partial charge >= 0.3 is 0 Å². The Morgan fingerprint density at radius 1 is 1.45 bits per heavy atom. The number of hydrogen-bond donors (Lipinski definition) is 2. The molecule has 0 fully saturated rings. The quantitative estimate of drug-likeness (QED) is 0.665. The van der Waals surface area contributed by atoms with Gasteiger partial charge in [-0.05, 0) is 6.07 Å². The average molecular weight is 322 g/mol. The molecule has 0 bridgehead atoms. The number of carbonyl (C=O) groups excluding carboxylic acids is 1. The Kier molecular flexibility index (Phi) is 6.86. The van der Waals surface area contributed by atoms with Crippen LogP contribution in [0.5, 0.6) is 0 Å². The van der Waals surface area contributed by atoms with Crippen molar-refractivity contribution in [2.75, 3.05) is 26.8 Å². The molecule has 0 atom stereocenters. The third kappa shape index (κ3) is 5.41. The molecule has 0 aliphatic heterocycles. The number of nitrogens with one attached hydrogen (secondary N) is 2. The molecule has 1 aromatic rings. The first-order valence-corrected chi connectivity index (χ1v) is 7.68. The number of aromatic nitrogens is 1. The van der Waals surface area contributed by atoms with Gasteiger partial charge in [-0.25, -0.2) is 13.1 Å². The van der Waals surface area contributed by atoms with Crippen LogP contribution in [0.25, 0.3) is 0 Å². The molecule has 0 aliphatic rings. The van der Waals surface area contributed by atoms with Crippen LogP contribution in [0.1, 0.15) is 6.42 Å². The molecule has 0 spiro atoms. The number of nitrogens with zero attached hydrogens (tertiary/aromatic N) is 1. The Morgan fingerprint density at radius 2 is 2.20 bits per heavy atom. The summed E-state index contributed by atoms with van der Waals surface area (Å²) in [6.45, 7) is 0.769. The van der Waals surface area contributed by atoms with E-state index in [4.69, 9.17) is 16.3 Å². The number of halogens is 1.